The molecule has 4 rings (SSSR count). The SMILES string of the molecule is O=c1[nH]c2cc(S(=O)(=O)Nc3cnn(C[C@@H]4CCCCO4)c3)ccc2o1. The molecule has 10 heteroatoms. The maximum absolute atomic E-state index is 12.6. The van der Waals surface area contributed by atoms with Crippen LogP contribution in [0.25, 0.3) is 11.1 Å². The summed E-state index contributed by atoms with van der Waals surface area (Å²) in [6, 6.07) is 4.16. The summed E-state index contributed by atoms with van der Waals surface area (Å²) in [6.07, 6.45) is 6.38. The van der Waals surface area contributed by atoms with Gasteiger partial charge in [-0.25, -0.2) is 13.2 Å². The Morgan fingerprint density at radius 2 is 2.23 bits per heavy atom. The molecule has 1 atom stereocenters. The second kappa shape index (κ2) is 6.61. The molecule has 1 aromatic carbocycles. The first-order valence-electron chi connectivity index (χ1n) is 8.29. The van der Waals surface area contributed by atoms with Gasteiger partial charge < -0.3 is 9.15 Å². The first-order chi connectivity index (χ1) is 12.5. The van der Waals surface area contributed by atoms with Crippen LogP contribution in [0, 0.1) is 0 Å². The molecule has 0 saturated carbocycles. The third-order valence-corrected chi connectivity index (χ3v) is 5.63. The van der Waals surface area contributed by atoms with E-state index in [2.05, 4.69) is 14.8 Å². The van der Waals surface area contributed by atoms with Crippen molar-refractivity contribution in [3.63, 3.8) is 0 Å². The van der Waals surface area contributed by atoms with E-state index in [9.17, 15) is 13.2 Å². The molecule has 9 nitrogen and oxygen atoms in total. The monoisotopic (exact) mass is 378 g/mol. The molecule has 3 heterocycles. The zero-order valence-corrected chi connectivity index (χ0v) is 14.7. The summed E-state index contributed by atoms with van der Waals surface area (Å²) in [7, 11) is -3.81. The molecule has 0 amide bonds. The lowest BCUT2D eigenvalue weighted by molar-refractivity contribution is 0.00401. The molecule has 138 valence electrons. The minimum atomic E-state index is -3.81. The van der Waals surface area contributed by atoms with Gasteiger partial charge in [0.05, 0.1) is 34.9 Å². The number of benzene rings is 1. The quantitative estimate of drug-likeness (QED) is 0.697. The van der Waals surface area contributed by atoms with Crippen molar-refractivity contribution in [3.8, 4) is 0 Å². The number of oxazole rings is 1. The van der Waals surface area contributed by atoms with Crippen LogP contribution >= 0.6 is 0 Å². The Kier molecular flexibility index (Phi) is 4.29. The minimum Gasteiger partial charge on any atom is -0.408 e. The van der Waals surface area contributed by atoms with Crippen LogP contribution in [0.2, 0.25) is 0 Å². The molecule has 2 aromatic heterocycles. The summed E-state index contributed by atoms with van der Waals surface area (Å²) < 4.78 is 39.8. The summed E-state index contributed by atoms with van der Waals surface area (Å²) >= 11 is 0. The van der Waals surface area contributed by atoms with Crippen LogP contribution in [0.1, 0.15) is 19.3 Å². The number of aromatic amines is 1. The van der Waals surface area contributed by atoms with Gasteiger partial charge in [0, 0.05) is 12.8 Å². The number of H-pyrrole nitrogens is 1. The van der Waals surface area contributed by atoms with E-state index >= 15 is 0 Å². The molecule has 3 aromatic rings. The summed E-state index contributed by atoms with van der Waals surface area (Å²) in [5.41, 5.74) is 0.985. The number of nitrogens with zero attached hydrogens (tertiary/aromatic N) is 2. The first-order valence-corrected chi connectivity index (χ1v) is 9.78. The van der Waals surface area contributed by atoms with Gasteiger partial charge >= 0.3 is 5.76 Å². The maximum Gasteiger partial charge on any atom is 0.417 e. The third-order valence-electron chi connectivity index (χ3n) is 4.25. The fraction of sp³-hybridized carbons (Fsp3) is 0.375. The normalized spacial score (nSPS) is 18.2. The largest absolute Gasteiger partial charge is 0.417 e. The maximum atomic E-state index is 12.6. The van der Waals surface area contributed by atoms with Gasteiger partial charge in [-0.1, -0.05) is 0 Å². The summed E-state index contributed by atoms with van der Waals surface area (Å²) in [4.78, 5) is 13.7. The van der Waals surface area contributed by atoms with Gasteiger partial charge in [0.25, 0.3) is 10.0 Å². The van der Waals surface area contributed by atoms with Crippen molar-refractivity contribution >= 4 is 26.8 Å². The molecule has 26 heavy (non-hydrogen) atoms. The molecular formula is C16H18N4O5S. The van der Waals surface area contributed by atoms with E-state index in [0.29, 0.717) is 23.3 Å². The van der Waals surface area contributed by atoms with E-state index in [-0.39, 0.29) is 11.0 Å². The van der Waals surface area contributed by atoms with Crippen molar-refractivity contribution in [3.05, 3.63) is 41.1 Å². The Balaban J connectivity index is 1.50. The molecule has 0 unspecified atom stereocenters. The van der Waals surface area contributed by atoms with E-state index in [1.807, 2.05) is 0 Å². The van der Waals surface area contributed by atoms with E-state index < -0.39 is 15.8 Å². The Bertz CT molecular complexity index is 1080. The minimum absolute atomic E-state index is 0.0189. The van der Waals surface area contributed by atoms with Crippen LogP contribution in [0.4, 0.5) is 5.69 Å². The average Bonchev–Trinajstić information content (AvgIpc) is 3.19. The number of anilines is 1. The topological polar surface area (TPSA) is 119 Å². The molecule has 0 spiro atoms. The number of fused-ring (bicyclic) bond motifs is 1. The van der Waals surface area contributed by atoms with Crippen molar-refractivity contribution in [1.82, 2.24) is 14.8 Å². The standard InChI is InChI=1S/C16H18N4O5S/c21-16-18-14-7-13(4-5-15(14)25-16)26(22,23)19-11-8-17-20(9-11)10-12-3-1-2-6-24-12/h4-5,7-9,12,19H,1-3,6,10H2,(H,18,21)/t12-/m0/s1. The van der Waals surface area contributed by atoms with E-state index in [1.54, 1.807) is 10.9 Å². The molecule has 0 aliphatic carbocycles. The molecule has 1 aliphatic heterocycles. The van der Waals surface area contributed by atoms with E-state index in [4.69, 9.17) is 9.15 Å². The van der Waals surface area contributed by atoms with Gasteiger partial charge in [-0.05, 0) is 37.5 Å². The van der Waals surface area contributed by atoms with Gasteiger partial charge in [-0.3, -0.25) is 14.4 Å². The van der Waals surface area contributed by atoms with Crippen LogP contribution in [-0.4, -0.2) is 35.9 Å². The number of hydrogen-bond acceptors (Lipinski definition) is 6. The molecule has 2 N–H and O–H groups in total. The lowest BCUT2D eigenvalue weighted by atomic mass is 10.1. The number of hydrogen-bond donors (Lipinski definition) is 2. The first kappa shape index (κ1) is 16.9. The smallest absolute Gasteiger partial charge is 0.408 e. The molecule has 1 saturated heterocycles. The van der Waals surface area contributed by atoms with Gasteiger partial charge in [0.15, 0.2) is 5.58 Å². The fourth-order valence-electron chi connectivity index (χ4n) is 2.99. The fourth-order valence-corrected chi connectivity index (χ4v) is 4.04. The average molecular weight is 378 g/mol. The molecule has 1 aliphatic rings. The van der Waals surface area contributed by atoms with Crippen LogP contribution in [0.5, 0.6) is 0 Å². The van der Waals surface area contributed by atoms with Gasteiger partial charge in [-0.2, -0.15) is 5.10 Å². The van der Waals surface area contributed by atoms with Gasteiger partial charge in [0.1, 0.15) is 0 Å². The third kappa shape index (κ3) is 3.51. The Labute approximate surface area is 149 Å². The molecule has 0 bridgehead atoms. The van der Waals surface area contributed by atoms with Crippen molar-refractivity contribution in [1.29, 1.82) is 0 Å². The summed E-state index contributed by atoms with van der Waals surface area (Å²) in [5.74, 6) is -0.631. The lowest BCUT2D eigenvalue weighted by Gasteiger charge is -2.22. The zero-order chi connectivity index (χ0) is 18.1. The highest BCUT2D eigenvalue weighted by molar-refractivity contribution is 7.92. The number of sulfonamides is 1. The highest BCUT2D eigenvalue weighted by atomic mass is 32.2. The summed E-state index contributed by atoms with van der Waals surface area (Å²) in [5, 5.41) is 4.19. The van der Waals surface area contributed by atoms with Crippen LogP contribution in [0.15, 0.2) is 44.7 Å². The number of ether oxygens (including phenoxy) is 1. The van der Waals surface area contributed by atoms with Gasteiger partial charge in [0.2, 0.25) is 0 Å². The number of nitrogens with one attached hydrogen (secondary N) is 2. The number of aromatic nitrogens is 3. The second-order valence-electron chi connectivity index (χ2n) is 6.22. The molecular weight excluding hydrogens is 360 g/mol. The van der Waals surface area contributed by atoms with Crippen LogP contribution in [-0.2, 0) is 21.3 Å². The highest BCUT2D eigenvalue weighted by Crippen LogP contribution is 2.20. The predicted octanol–water partition coefficient (Wildman–Crippen LogP) is 1.69. The molecule has 1 fully saturated rings. The lowest BCUT2D eigenvalue weighted by Crippen LogP contribution is -2.24. The Morgan fingerprint density at radius 1 is 1.35 bits per heavy atom. The Morgan fingerprint density at radius 3 is 3.04 bits per heavy atom. The van der Waals surface area contributed by atoms with E-state index in [0.717, 1.165) is 25.9 Å². The van der Waals surface area contributed by atoms with Crippen molar-refractivity contribution in [2.75, 3.05) is 11.3 Å². The van der Waals surface area contributed by atoms with Crippen molar-refractivity contribution in [2.45, 2.75) is 36.8 Å². The number of rotatable bonds is 5. The zero-order valence-electron chi connectivity index (χ0n) is 13.8. The molecule has 0 radical (unpaired) electrons. The van der Waals surface area contributed by atoms with Crippen LogP contribution in [0.3, 0.4) is 0 Å². The van der Waals surface area contributed by atoms with Crippen molar-refractivity contribution in [2.24, 2.45) is 0 Å². The van der Waals surface area contributed by atoms with E-state index in [1.165, 1.54) is 24.4 Å². The van der Waals surface area contributed by atoms with Crippen LogP contribution < -0.4 is 10.5 Å². The van der Waals surface area contributed by atoms with Crippen molar-refractivity contribution < 1.29 is 17.6 Å². The predicted molar refractivity (Wildman–Crippen MR) is 93.5 cm³/mol. The van der Waals surface area contributed by atoms with Gasteiger partial charge in [-0.15, -0.1) is 0 Å². The highest BCUT2D eigenvalue weighted by Gasteiger charge is 2.18. The summed E-state index contributed by atoms with van der Waals surface area (Å²) in [6.45, 7) is 1.34. The Hall–Kier alpha value is -2.59. The second-order valence-corrected chi connectivity index (χ2v) is 7.90.